The number of nitrogens with one attached hydrogen (secondary N) is 1. The molecule has 1 aromatic rings. The van der Waals surface area contributed by atoms with Crippen molar-refractivity contribution in [1.29, 1.82) is 0 Å². The largest absolute Gasteiger partial charge is 0.381 e. The van der Waals surface area contributed by atoms with Gasteiger partial charge in [0.25, 0.3) is 0 Å². The van der Waals surface area contributed by atoms with E-state index in [2.05, 4.69) is 17.4 Å². The van der Waals surface area contributed by atoms with Crippen molar-refractivity contribution in [2.75, 3.05) is 32.8 Å². The van der Waals surface area contributed by atoms with Crippen LogP contribution in [0, 0.1) is 5.92 Å². The summed E-state index contributed by atoms with van der Waals surface area (Å²) in [5.74, 6) is -0.544. The SMILES string of the molecule is NC(=O)[C@@H]1CCN(C(=O)NCC2(c3ccccc3)CCOCC2)C1. The van der Waals surface area contributed by atoms with E-state index in [0.717, 1.165) is 12.8 Å². The Kier molecular flexibility index (Phi) is 5.04. The molecule has 2 aliphatic rings. The van der Waals surface area contributed by atoms with Gasteiger partial charge in [0.05, 0.1) is 5.92 Å². The molecule has 6 heteroatoms. The maximum Gasteiger partial charge on any atom is 0.317 e. The first-order valence-corrected chi connectivity index (χ1v) is 8.56. The van der Waals surface area contributed by atoms with E-state index >= 15 is 0 Å². The lowest BCUT2D eigenvalue weighted by Gasteiger charge is -2.38. The van der Waals surface area contributed by atoms with Gasteiger partial charge in [-0.15, -0.1) is 0 Å². The second-order valence-electron chi connectivity index (χ2n) is 6.75. The number of urea groups is 1. The number of hydrogen-bond donors (Lipinski definition) is 2. The highest BCUT2D eigenvalue weighted by Gasteiger charge is 2.36. The number of amides is 3. The van der Waals surface area contributed by atoms with Crippen LogP contribution in [0.25, 0.3) is 0 Å². The molecule has 0 spiro atoms. The molecule has 2 aliphatic heterocycles. The average molecular weight is 331 g/mol. The monoisotopic (exact) mass is 331 g/mol. The zero-order valence-electron chi connectivity index (χ0n) is 13.9. The highest BCUT2D eigenvalue weighted by Crippen LogP contribution is 2.34. The van der Waals surface area contributed by atoms with Crippen LogP contribution in [-0.4, -0.2) is 49.7 Å². The Labute approximate surface area is 142 Å². The highest BCUT2D eigenvalue weighted by molar-refractivity contribution is 5.80. The van der Waals surface area contributed by atoms with Crippen molar-refractivity contribution in [3.05, 3.63) is 35.9 Å². The van der Waals surface area contributed by atoms with Gasteiger partial charge in [-0.25, -0.2) is 4.79 Å². The fraction of sp³-hybridized carbons (Fsp3) is 0.556. The van der Waals surface area contributed by atoms with Crippen LogP contribution >= 0.6 is 0 Å². The van der Waals surface area contributed by atoms with E-state index in [1.165, 1.54) is 5.56 Å². The molecule has 3 amide bonds. The second-order valence-corrected chi connectivity index (χ2v) is 6.75. The first-order chi connectivity index (χ1) is 11.6. The van der Waals surface area contributed by atoms with Crippen molar-refractivity contribution < 1.29 is 14.3 Å². The van der Waals surface area contributed by atoms with Crippen LogP contribution in [0.1, 0.15) is 24.8 Å². The van der Waals surface area contributed by atoms with Gasteiger partial charge in [-0.05, 0) is 24.8 Å². The van der Waals surface area contributed by atoms with E-state index in [0.29, 0.717) is 39.3 Å². The molecule has 2 saturated heterocycles. The standard InChI is InChI=1S/C18H25N3O3/c19-16(22)14-6-9-21(12-14)17(23)20-13-18(7-10-24-11-8-18)15-4-2-1-3-5-15/h1-5,14H,6-13H2,(H2,19,22)(H,20,23)/t14-/m1/s1. The third-order valence-corrected chi connectivity index (χ3v) is 5.29. The minimum atomic E-state index is -0.324. The number of nitrogens with zero attached hydrogens (tertiary/aromatic N) is 1. The summed E-state index contributed by atoms with van der Waals surface area (Å²) in [4.78, 5) is 25.4. The molecular weight excluding hydrogens is 306 g/mol. The first-order valence-electron chi connectivity index (χ1n) is 8.56. The fourth-order valence-corrected chi connectivity index (χ4v) is 3.65. The van der Waals surface area contributed by atoms with Crippen LogP contribution in [0.3, 0.4) is 0 Å². The smallest absolute Gasteiger partial charge is 0.317 e. The predicted molar refractivity (Wildman–Crippen MR) is 90.4 cm³/mol. The number of likely N-dealkylation sites (tertiary alicyclic amines) is 1. The Morgan fingerprint density at radius 3 is 2.58 bits per heavy atom. The summed E-state index contributed by atoms with van der Waals surface area (Å²) in [6, 6.07) is 10.2. The van der Waals surface area contributed by atoms with Crippen LogP contribution in [0.2, 0.25) is 0 Å². The van der Waals surface area contributed by atoms with Gasteiger partial charge in [0.2, 0.25) is 5.91 Å². The topological polar surface area (TPSA) is 84.7 Å². The second kappa shape index (κ2) is 7.21. The van der Waals surface area contributed by atoms with Crippen molar-refractivity contribution in [1.82, 2.24) is 10.2 Å². The number of nitrogens with two attached hydrogens (primary N) is 1. The molecule has 0 aromatic heterocycles. The maximum atomic E-state index is 12.5. The zero-order valence-corrected chi connectivity index (χ0v) is 13.9. The van der Waals surface area contributed by atoms with Gasteiger partial charge in [0, 0.05) is 38.3 Å². The number of primary amides is 1. The first kappa shape index (κ1) is 16.8. The third-order valence-electron chi connectivity index (χ3n) is 5.29. The number of carbonyl (C=O) groups is 2. The number of carbonyl (C=O) groups excluding carboxylic acids is 2. The molecule has 3 N–H and O–H groups in total. The molecule has 2 heterocycles. The normalized spacial score (nSPS) is 23.0. The van der Waals surface area contributed by atoms with Gasteiger partial charge in [0.1, 0.15) is 0 Å². The summed E-state index contributed by atoms with van der Waals surface area (Å²) in [6.45, 7) is 3.00. The van der Waals surface area contributed by atoms with Gasteiger partial charge in [0.15, 0.2) is 0 Å². The van der Waals surface area contributed by atoms with Gasteiger partial charge >= 0.3 is 6.03 Å². The van der Waals surface area contributed by atoms with Crippen molar-refractivity contribution in [3.8, 4) is 0 Å². The molecule has 6 nitrogen and oxygen atoms in total. The van der Waals surface area contributed by atoms with Crippen LogP contribution in [0.15, 0.2) is 30.3 Å². The number of hydrogen-bond acceptors (Lipinski definition) is 3. The van der Waals surface area contributed by atoms with E-state index < -0.39 is 0 Å². The summed E-state index contributed by atoms with van der Waals surface area (Å²) < 4.78 is 5.52. The molecule has 3 rings (SSSR count). The van der Waals surface area contributed by atoms with Crippen molar-refractivity contribution in [3.63, 3.8) is 0 Å². The van der Waals surface area contributed by atoms with E-state index in [9.17, 15) is 9.59 Å². The third kappa shape index (κ3) is 3.53. The van der Waals surface area contributed by atoms with E-state index in [4.69, 9.17) is 10.5 Å². The summed E-state index contributed by atoms with van der Waals surface area (Å²) in [5, 5.41) is 3.07. The lowest BCUT2D eigenvalue weighted by molar-refractivity contribution is -0.121. The van der Waals surface area contributed by atoms with Crippen LogP contribution in [0.4, 0.5) is 4.79 Å². The summed E-state index contributed by atoms with van der Waals surface area (Å²) in [5.41, 5.74) is 6.49. The van der Waals surface area contributed by atoms with Gasteiger partial charge < -0.3 is 20.7 Å². The molecule has 1 aromatic carbocycles. The fourth-order valence-electron chi connectivity index (χ4n) is 3.65. The molecule has 1 atom stereocenters. The van der Waals surface area contributed by atoms with Crippen LogP contribution < -0.4 is 11.1 Å². The van der Waals surface area contributed by atoms with E-state index in [-0.39, 0.29) is 23.3 Å². The van der Waals surface area contributed by atoms with Crippen LogP contribution in [-0.2, 0) is 14.9 Å². The summed E-state index contributed by atoms with van der Waals surface area (Å²) in [6.07, 6.45) is 2.43. The molecule has 0 bridgehead atoms. The van der Waals surface area contributed by atoms with Gasteiger partial charge in [-0.2, -0.15) is 0 Å². The number of benzene rings is 1. The molecule has 0 aliphatic carbocycles. The maximum absolute atomic E-state index is 12.5. The number of rotatable bonds is 4. The Hall–Kier alpha value is -2.08. The Morgan fingerprint density at radius 1 is 1.25 bits per heavy atom. The predicted octanol–water partition coefficient (Wildman–Crippen LogP) is 1.25. The zero-order chi connectivity index (χ0) is 17.0. The number of ether oxygens (including phenoxy) is 1. The van der Waals surface area contributed by atoms with Crippen molar-refractivity contribution in [2.45, 2.75) is 24.7 Å². The summed E-state index contributed by atoms with van der Waals surface area (Å²) >= 11 is 0. The van der Waals surface area contributed by atoms with E-state index in [1.54, 1.807) is 4.90 Å². The Morgan fingerprint density at radius 2 is 1.96 bits per heavy atom. The average Bonchev–Trinajstić information content (AvgIpc) is 3.12. The van der Waals surface area contributed by atoms with Crippen molar-refractivity contribution >= 4 is 11.9 Å². The van der Waals surface area contributed by atoms with Crippen LogP contribution in [0.5, 0.6) is 0 Å². The minimum Gasteiger partial charge on any atom is -0.381 e. The Balaban J connectivity index is 1.64. The quantitative estimate of drug-likeness (QED) is 0.871. The van der Waals surface area contributed by atoms with Gasteiger partial charge in [-0.1, -0.05) is 30.3 Å². The molecule has 24 heavy (non-hydrogen) atoms. The van der Waals surface area contributed by atoms with Crippen molar-refractivity contribution in [2.24, 2.45) is 11.7 Å². The molecule has 2 fully saturated rings. The molecule has 0 radical (unpaired) electrons. The molecule has 0 saturated carbocycles. The summed E-state index contributed by atoms with van der Waals surface area (Å²) in [7, 11) is 0. The lowest BCUT2D eigenvalue weighted by atomic mass is 9.74. The van der Waals surface area contributed by atoms with E-state index in [1.807, 2.05) is 18.2 Å². The van der Waals surface area contributed by atoms with Gasteiger partial charge in [-0.3, -0.25) is 4.79 Å². The molecule has 130 valence electrons. The molecule has 0 unspecified atom stereocenters. The highest BCUT2D eigenvalue weighted by atomic mass is 16.5. The molecular formula is C18H25N3O3. The Bertz CT molecular complexity index is 584. The minimum absolute atomic E-state index is 0.0853. The lowest BCUT2D eigenvalue weighted by Crippen LogP contribution is -2.48.